The fourth-order valence-corrected chi connectivity index (χ4v) is 5.37. The van der Waals surface area contributed by atoms with E-state index in [9.17, 15) is 14.0 Å². The summed E-state index contributed by atoms with van der Waals surface area (Å²) >= 11 is 0. The quantitative estimate of drug-likeness (QED) is 0.274. The van der Waals surface area contributed by atoms with Crippen LogP contribution in [0.25, 0.3) is 0 Å². The smallest absolute Gasteiger partial charge is 0.411 e. The van der Waals surface area contributed by atoms with Gasteiger partial charge < -0.3 is 18.9 Å². The van der Waals surface area contributed by atoms with E-state index in [4.69, 9.17) is 18.9 Å². The molecule has 7 nitrogen and oxygen atoms in total. The van der Waals surface area contributed by atoms with Crippen LogP contribution in [0, 0.1) is 11.7 Å². The van der Waals surface area contributed by atoms with Gasteiger partial charge in [-0.3, -0.25) is 5.32 Å². The van der Waals surface area contributed by atoms with Crippen LogP contribution in [0.5, 0.6) is 11.5 Å². The van der Waals surface area contributed by atoms with Crippen LogP contribution in [0.3, 0.4) is 0 Å². The summed E-state index contributed by atoms with van der Waals surface area (Å²) in [4.78, 5) is 25.7. The molecule has 4 atom stereocenters. The fraction of sp³-hybridized carbons (Fsp3) is 0.467. The molecule has 0 radical (unpaired) electrons. The average Bonchev–Trinajstić information content (AvgIpc) is 2.88. The number of fused-ring (bicyclic) bond motifs is 1. The van der Waals surface area contributed by atoms with Crippen molar-refractivity contribution in [1.29, 1.82) is 0 Å². The van der Waals surface area contributed by atoms with Gasteiger partial charge in [0.05, 0.1) is 21.3 Å². The number of carbonyl (C=O) groups is 2. The molecular weight excluding hydrogens is 489 g/mol. The molecule has 0 aromatic heterocycles. The zero-order chi connectivity index (χ0) is 28.0. The van der Waals surface area contributed by atoms with Gasteiger partial charge in [-0.2, -0.15) is 0 Å². The Labute approximate surface area is 224 Å². The number of hydrogen-bond donors (Lipinski definition) is 1. The summed E-state index contributed by atoms with van der Waals surface area (Å²) in [7, 11) is 4.37. The van der Waals surface area contributed by atoms with Crippen LogP contribution < -0.4 is 14.8 Å². The van der Waals surface area contributed by atoms with Gasteiger partial charge >= 0.3 is 12.1 Å². The molecule has 2 aromatic rings. The highest BCUT2D eigenvalue weighted by atomic mass is 19.1. The van der Waals surface area contributed by atoms with Gasteiger partial charge in [-0.15, -0.1) is 0 Å². The minimum absolute atomic E-state index is 0.0506. The highest BCUT2D eigenvalue weighted by Gasteiger charge is 2.42. The van der Waals surface area contributed by atoms with E-state index in [1.807, 2.05) is 6.92 Å². The maximum absolute atomic E-state index is 13.3. The Hall–Kier alpha value is -3.55. The monoisotopic (exact) mass is 527 g/mol. The molecule has 1 amide bonds. The number of ether oxygens (including phenoxy) is 4. The van der Waals surface area contributed by atoms with E-state index in [0.29, 0.717) is 23.6 Å². The standard InChI is InChI=1S/C30H38FNO6/c1-17(2)9-8-10-18(3)25-22-16-23(29(33)37-7)27(35-5)28(36-6)26(22)19(4)15-24(25)38-30(34)32-21-13-11-20(31)12-14-21/h9,11-14,16,18-19,24-25H,8,10,15H2,1-7H3,(H,32,34)/t18-,19+,24+,25-/m0/s1. The van der Waals surface area contributed by atoms with E-state index in [2.05, 4.69) is 32.2 Å². The van der Waals surface area contributed by atoms with Crippen LogP contribution in [-0.4, -0.2) is 39.5 Å². The minimum atomic E-state index is -0.618. The number of rotatable bonds is 9. The molecule has 3 rings (SSSR count). The lowest BCUT2D eigenvalue weighted by molar-refractivity contribution is 0.0576. The van der Waals surface area contributed by atoms with Crippen molar-refractivity contribution in [2.24, 2.45) is 5.92 Å². The Morgan fingerprint density at radius 1 is 1.11 bits per heavy atom. The maximum Gasteiger partial charge on any atom is 0.411 e. The zero-order valence-corrected chi connectivity index (χ0v) is 23.2. The second-order valence-electron chi connectivity index (χ2n) is 10.1. The molecule has 0 saturated heterocycles. The maximum atomic E-state index is 13.3. The van der Waals surface area contributed by atoms with Crippen LogP contribution in [-0.2, 0) is 9.47 Å². The number of benzene rings is 2. The number of esters is 1. The molecule has 0 aliphatic heterocycles. The van der Waals surface area contributed by atoms with Gasteiger partial charge in [0.1, 0.15) is 17.5 Å². The predicted octanol–water partition coefficient (Wildman–Crippen LogP) is 7.22. The van der Waals surface area contributed by atoms with E-state index < -0.39 is 24.0 Å². The summed E-state index contributed by atoms with van der Waals surface area (Å²) in [6.07, 6.45) is 3.38. The summed E-state index contributed by atoms with van der Waals surface area (Å²) in [5.41, 5.74) is 3.76. The summed E-state index contributed by atoms with van der Waals surface area (Å²) < 4.78 is 35.8. The van der Waals surface area contributed by atoms with Gasteiger partial charge in [-0.05, 0) is 80.8 Å². The van der Waals surface area contributed by atoms with Crippen molar-refractivity contribution in [1.82, 2.24) is 0 Å². The fourth-order valence-electron chi connectivity index (χ4n) is 5.37. The number of amides is 1. The highest BCUT2D eigenvalue weighted by molar-refractivity contribution is 5.94. The van der Waals surface area contributed by atoms with Crippen LogP contribution in [0.4, 0.5) is 14.9 Å². The minimum Gasteiger partial charge on any atom is -0.493 e. The Bertz CT molecular complexity index is 1170. The first-order chi connectivity index (χ1) is 18.1. The van der Waals surface area contributed by atoms with Crippen molar-refractivity contribution in [2.75, 3.05) is 26.6 Å². The Balaban J connectivity index is 2.06. The molecule has 2 aromatic carbocycles. The van der Waals surface area contributed by atoms with Gasteiger partial charge in [0, 0.05) is 17.2 Å². The first kappa shape index (κ1) is 29.0. The Morgan fingerprint density at radius 3 is 2.34 bits per heavy atom. The number of methoxy groups -OCH3 is 3. The van der Waals surface area contributed by atoms with E-state index in [0.717, 1.165) is 24.0 Å². The molecule has 0 bridgehead atoms. The summed E-state index contributed by atoms with van der Waals surface area (Å²) in [5.74, 6) is -0.271. The largest absolute Gasteiger partial charge is 0.493 e. The van der Waals surface area contributed by atoms with Gasteiger partial charge in [-0.25, -0.2) is 14.0 Å². The highest BCUT2D eigenvalue weighted by Crippen LogP contribution is 2.52. The Kier molecular flexibility index (Phi) is 9.78. The van der Waals surface area contributed by atoms with E-state index in [-0.39, 0.29) is 23.3 Å². The molecular formula is C30H38FNO6. The van der Waals surface area contributed by atoms with Crippen molar-refractivity contribution in [3.8, 4) is 11.5 Å². The molecule has 1 aliphatic rings. The van der Waals surface area contributed by atoms with Gasteiger partial charge in [0.15, 0.2) is 11.5 Å². The molecule has 0 saturated carbocycles. The predicted molar refractivity (Wildman–Crippen MR) is 145 cm³/mol. The van der Waals surface area contributed by atoms with E-state index in [1.54, 1.807) is 13.2 Å². The number of hydrogen-bond acceptors (Lipinski definition) is 6. The van der Waals surface area contributed by atoms with Crippen LogP contribution in [0.15, 0.2) is 42.0 Å². The molecule has 0 spiro atoms. The summed E-state index contributed by atoms with van der Waals surface area (Å²) in [6.45, 7) is 8.30. The van der Waals surface area contributed by atoms with Crippen molar-refractivity contribution in [2.45, 2.75) is 64.9 Å². The lowest BCUT2D eigenvalue weighted by Crippen LogP contribution is -2.37. The van der Waals surface area contributed by atoms with Crippen LogP contribution in [0.1, 0.15) is 80.3 Å². The van der Waals surface area contributed by atoms with E-state index >= 15 is 0 Å². The zero-order valence-electron chi connectivity index (χ0n) is 23.2. The summed E-state index contributed by atoms with van der Waals surface area (Å²) in [5, 5.41) is 2.70. The topological polar surface area (TPSA) is 83.1 Å². The first-order valence-corrected chi connectivity index (χ1v) is 12.8. The number of nitrogens with one attached hydrogen (secondary N) is 1. The van der Waals surface area contributed by atoms with Gasteiger partial charge in [0.25, 0.3) is 0 Å². The third-order valence-corrected chi connectivity index (χ3v) is 7.09. The van der Waals surface area contributed by atoms with Crippen molar-refractivity contribution in [3.05, 3.63) is 64.5 Å². The SMILES string of the molecule is COC(=O)c1cc2c(c(OC)c1OC)[C@H](C)C[C@@H](OC(=O)Nc1ccc(F)cc1)[C@H]2[C@@H](C)CCC=C(C)C. The van der Waals surface area contributed by atoms with Crippen molar-refractivity contribution in [3.63, 3.8) is 0 Å². The van der Waals surface area contributed by atoms with E-state index in [1.165, 1.54) is 44.1 Å². The third-order valence-electron chi connectivity index (χ3n) is 7.09. The molecule has 8 heteroatoms. The molecule has 1 aliphatic carbocycles. The molecule has 1 N–H and O–H groups in total. The van der Waals surface area contributed by atoms with Gasteiger partial charge in [-0.1, -0.05) is 25.5 Å². The van der Waals surface area contributed by atoms with Crippen LogP contribution >= 0.6 is 0 Å². The molecule has 38 heavy (non-hydrogen) atoms. The van der Waals surface area contributed by atoms with Crippen molar-refractivity contribution < 1.29 is 32.9 Å². The number of halogens is 1. The second-order valence-corrected chi connectivity index (χ2v) is 10.1. The van der Waals surface area contributed by atoms with Crippen molar-refractivity contribution >= 4 is 17.7 Å². The molecule has 206 valence electrons. The lowest BCUT2D eigenvalue weighted by Gasteiger charge is -2.40. The number of allylic oxidation sites excluding steroid dienone is 2. The second kappa shape index (κ2) is 12.8. The van der Waals surface area contributed by atoms with Crippen LogP contribution in [0.2, 0.25) is 0 Å². The number of anilines is 1. The normalized spacial score (nSPS) is 19.0. The van der Waals surface area contributed by atoms with Gasteiger partial charge in [0.2, 0.25) is 0 Å². The molecule has 0 fully saturated rings. The molecule has 0 unspecified atom stereocenters. The summed E-state index contributed by atoms with van der Waals surface area (Å²) in [6, 6.07) is 7.31. The molecule has 0 heterocycles. The Morgan fingerprint density at radius 2 is 1.76 bits per heavy atom. The third kappa shape index (κ3) is 6.47. The first-order valence-electron chi connectivity index (χ1n) is 12.8. The average molecular weight is 528 g/mol. The lowest BCUT2D eigenvalue weighted by atomic mass is 9.69. The number of carbonyl (C=O) groups excluding carboxylic acids is 2.